The lowest BCUT2D eigenvalue weighted by atomic mass is 10.0. The first-order valence-electron chi connectivity index (χ1n) is 6.09. The summed E-state index contributed by atoms with van der Waals surface area (Å²) >= 11 is 12.2. The average molecular weight is 348 g/mol. The van der Waals surface area contributed by atoms with Crippen LogP contribution in [0.5, 0.6) is 0 Å². The van der Waals surface area contributed by atoms with Crippen LogP contribution >= 0.6 is 23.2 Å². The predicted molar refractivity (Wildman–Crippen MR) is 78.9 cm³/mol. The SMILES string of the molecule is CS(=O)(=O)N1CC(c2nc(-c3c(Cl)cccc3Cl)no2)C1. The molecule has 0 N–H and O–H groups in total. The van der Waals surface area contributed by atoms with Gasteiger partial charge in [-0.3, -0.25) is 0 Å². The van der Waals surface area contributed by atoms with Crippen molar-refractivity contribution in [2.75, 3.05) is 19.3 Å². The molecule has 1 saturated heterocycles. The van der Waals surface area contributed by atoms with Gasteiger partial charge in [0.05, 0.1) is 27.8 Å². The van der Waals surface area contributed by atoms with Crippen molar-refractivity contribution in [3.63, 3.8) is 0 Å². The summed E-state index contributed by atoms with van der Waals surface area (Å²) < 4.78 is 29.2. The van der Waals surface area contributed by atoms with Crippen molar-refractivity contribution >= 4 is 33.2 Å². The second-order valence-corrected chi connectivity index (χ2v) is 7.63. The molecule has 0 bridgehead atoms. The van der Waals surface area contributed by atoms with Gasteiger partial charge in [0.2, 0.25) is 21.7 Å². The van der Waals surface area contributed by atoms with E-state index in [-0.39, 0.29) is 5.92 Å². The molecule has 21 heavy (non-hydrogen) atoms. The lowest BCUT2D eigenvalue weighted by Gasteiger charge is -2.34. The first-order chi connectivity index (χ1) is 9.86. The van der Waals surface area contributed by atoms with Crippen molar-refractivity contribution in [3.05, 3.63) is 34.1 Å². The largest absolute Gasteiger partial charge is 0.339 e. The molecule has 2 aromatic rings. The molecule has 0 amide bonds. The molecule has 0 atom stereocenters. The van der Waals surface area contributed by atoms with Gasteiger partial charge in [0.1, 0.15) is 0 Å². The Morgan fingerprint density at radius 3 is 2.48 bits per heavy atom. The molecule has 1 aliphatic rings. The molecule has 6 nitrogen and oxygen atoms in total. The summed E-state index contributed by atoms with van der Waals surface area (Å²) in [5.74, 6) is 0.599. The highest BCUT2D eigenvalue weighted by molar-refractivity contribution is 7.88. The lowest BCUT2D eigenvalue weighted by Crippen LogP contribution is -2.47. The van der Waals surface area contributed by atoms with Gasteiger partial charge in [-0.05, 0) is 12.1 Å². The third-order valence-electron chi connectivity index (χ3n) is 3.29. The molecule has 0 aliphatic carbocycles. The maximum atomic E-state index is 11.3. The zero-order valence-electron chi connectivity index (χ0n) is 11.0. The van der Waals surface area contributed by atoms with E-state index in [1.54, 1.807) is 18.2 Å². The van der Waals surface area contributed by atoms with E-state index in [1.807, 2.05) is 0 Å². The van der Waals surface area contributed by atoms with Crippen molar-refractivity contribution in [3.8, 4) is 11.4 Å². The van der Waals surface area contributed by atoms with E-state index in [1.165, 1.54) is 10.6 Å². The van der Waals surface area contributed by atoms with Crippen LogP contribution in [0.15, 0.2) is 22.7 Å². The van der Waals surface area contributed by atoms with Gasteiger partial charge in [-0.15, -0.1) is 0 Å². The Bertz CT molecular complexity index is 765. The molecule has 1 fully saturated rings. The van der Waals surface area contributed by atoms with Crippen LogP contribution in [0, 0.1) is 0 Å². The van der Waals surface area contributed by atoms with E-state index < -0.39 is 10.0 Å². The van der Waals surface area contributed by atoms with Gasteiger partial charge < -0.3 is 4.52 Å². The fraction of sp³-hybridized carbons (Fsp3) is 0.333. The predicted octanol–water partition coefficient (Wildman–Crippen LogP) is 2.40. The van der Waals surface area contributed by atoms with Gasteiger partial charge in [-0.1, -0.05) is 34.4 Å². The van der Waals surface area contributed by atoms with Crippen molar-refractivity contribution in [2.24, 2.45) is 0 Å². The van der Waals surface area contributed by atoms with Crippen LogP contribution in [0.4, 0.5) is 0 Å². The molecule has 0 unspecified atom stereocenters. The molecule has 9 heteroatoms. The fourth-order valence-corrected chi connectivity index (χ4v) is 3.55. The minimum absolute atomic E-state index is 0.0951. The van der Waals surface area contributed by atoms with Crippen molar-refractivity contribution < 1.29 is 12.9 Å². The van der Waals surface area contributed by atoms with Crippen LogP contribution in [0.2, 0.25) is 10.0 Å². The Balaban J connectivity index is 1.83. The number of halogens is 2. The van der Waals surface area contributed by atoms with Crippen LogP contribution in [0.25, 0.3) is 11.4 Å². The van der Waals surface area contributed by atoms with Gasteiger partial charge in [0.15, 0.2) is 0 Å². The quantitative estimate of drug-likeness (QED) is 0.851. The summed E-state index contributed by atoms with van der Waals surface area (Å²) in [4.78, 5) is 4.27. The van der Waals surface area contributed by atoms with Gasteiger partial charge in [-0.2, -0.15) is 4.98 Å². The maximum Gasteiger partial charge on any atom is 0.232 e. The molecule has 1 aromatic carbocycles. The molecule has 0 spiro atoms. The first-order valence-corrected chi connectivity index (χ1v) is 8.70. The fourth-order valence-electron chi connectivity index (χ4n) is 2.08. The highest BCUT2D eigenvalue weighted by Gasteiger charge is 2.37. The van der Waals surface area contributed by atoms with Crippen LogP contribution in [0.3, 0.4) is 0 Å². The molecule has 1 aromatic heterocycles. The number of benzene rings is 1. The summed E-state index contributed by atoms with van der Waals surface area (Å²) in [6, 6.07) is 5.10. The van der Waals surface area contributed by atoms with E-state index in [2.05, 4.69) is 10.1 Å². The molecule has 0 radical (unpaired) electrons. The Labute approximate surface area is 131 Å². The van der Waals surface area contributed by atoms with Gasteiger partial charge in [0, 0.05) is 13.1 Å². The Morgan fingerprint density at radius 2 is 1.90 bits per heavy atom. The summed E-state index contributed by atoms with van der Waals surface area (Å²) in [7, 11) is -3.16. The molecule has 112 valence electrons. The smallest absolute Gasteiger partial charge is 0.232 e. The monoisotopic (exact) mass is 347 g/mol. The van der Waals surface area contributed by atoms with Crippen molar-refractivity contribution in [2.45, 2.75) is 5.92 Å². The van der Waals surface area contributed by atoms with E-state index in [9.17, 15) is 8.42 Å². The highest BCUT2D eigenvalue weighted by atomic mass is 35.5. The second kappa shape index (κ2) is 5.24. The van der Waals surface area contributed by atoms with Crippen molar-refractivity contribution in [1.82, 2.24) is 14.4 Å². The summed E-state index contributed by atoms with van der Waals surface area (Å²) in [6.45, 7) is 0.688. The summed E-state index contributed by atoms with van der Waals surface area (Å²) in [5.41, 5.74) is 0.509. The minimum atomic E-state index is -3.16. The zero-order chi connectivity index (χ0) is 15.2. The summed E-state index contributed by atoms with van der Waals surface area (Å²) in [6.07, 6.45) is 1.17. The number of sulfonamides is 1. The molecule has 2 heterocycles. The molecular weight excluding hydrogens is 337 g/mol. The van der Waals surface area contributed by atoms with Crippen LogP contribution < -0.4 is 0 Å². The summed E-state index contributed by atoms with van der Waals surface area (Å²) in [5, 5.41) is 4.74. The van der Waals surface area contributed by atoms with Crippen molar-refractivity contribution in [1.29, 1.82) is 0 Å². The highest BCUT2D eigenvalue weighted by Crippen LogP contribution is 2.34. The van der Waals surface area contributed by atoms with Gasteiger partial charge in [0.25, 0.3) is 0 Å². The third-order valence-corrected chi connectivity index (χ3v) is 5.16. The van der Waals surface area contributed by atoms with Gasteiger partial charge >= 0.3 is 0 Å². The van der Waals surface area contributed by atoms with E-state index >= 15 is 0 Å². The maximum absolute atomic E-state index is 11.3. The van der Waals surface area contributed by atoms with Crippen LogP contribution in [0.1, 0.15) is 11.8 Å². The van der Waals surface area contributed by atoms with E-state index in [0.29, 0.717) is 40.4 Å². The topological polar surface area (TPSA) is 76.3 Å². The number of nitrogens with zero attached hydrogens (tertiary/aromatic N) is 3. The van der Waals surface area contributed by atoms with Gasteiger partial charge in [-0.25, -0.2) is 12.7 Å². The average Bonchev–Trinajstić information content (AvgIpc) is 2.74. The number of rotatable bonds is 3. The first kappa shape index (κ1) is 14.8. The van der Waals surface area contributed by atoms with Crippen LogP contribution in [-0.4, -0.2) is 42.2 Å². The van der Waals surface area contributed by atoms with Crippen LogP contribution in [-0.2, 0) is 10.0 Å². The third kappa shape index (κ3) is 2.78. The minimum Gasteiger partial charge on any atom is -0.339 e. The normalized spacial score (nSPS) is 16.9. The standard InChI is InChI=1S/C12H11Cl2N3O3S/c1-21(18,19)17-5-7(6-17)12-15-11(16-20-12)10-8(13)3-2-4-9(10)14/h2-4,7H,5-6H2,1H3. The lowest BCUT2D eigenvalue weighted by molar-refractivity contribution is 0.218. The molecule has 3 rings (SSSR count). The molecule has 0 saturated carbocycles. The number of hydrogen-bond donors (Lipinski definition) is 0. The Morgan fingerprint density at radius 1 is 1.29 bits per heavy atom. The van der Waals surface area contributed by atoms with E-state index in [0.717, 1.165) is 0 Å². The Kier molecular flexibility index (Phi) is 3.69. The van der Waals surface area contributed by atoms with E-state index in [4.69, 9.17) is 27.7 Å². The number of hydrogen-bond acceptors (Lipinski definition) is 5. The zero-order valence-corrected chi connectivity index (χ0v) is 13.3. The number of aromatic nitrogens is 2. The molecular formula is C12H11Cl2N3O3S. The Hall–Kier alpha value is -1.15. The molecule has 1 aliphatic heterocycles. The second-order valence-electron chi connectivity index (χ2n) is 4.83.